The Hall–Kier alpha value is -1.80. The number of nitrogens with one attached hydrogen (secondary N) is 1. The number of nitrogens with zero attached hydrogens (tertiary/aromatic N) is 1. The van der Waals surface area contributed by atoms with Crippen molar-refractivity contribution in [2.75, 3.05) is 0 Å². The molecule has 0 aliphatic heterocycles. The predicted octanol–water partition coefficient (Wildman–Crippen LogP) is 4.28. The average Bonchev–Trinajstić information content (AvgIpc) is 2.84. The number of aryl methyl sites for hydroxylation is 1. The summed E-state index contributed by atoms with van der Waals surface area (Å²) in [6, 6.07) is 14.3. The summed E-state index contributed by atoms with van der Waals surface area (Å²) >= 11 is 5.79. The monoisotopic (exact) mass is 256 g/mol. The van der Waals surface area contributed by atoms with E-state index in [4.69, 9.17) is 11.6 Å². The van der Waals surface area contributed by atoms with Gasteiger partial charge < -0.3 is 4.98 Å². The number of aromatic amines is 1. The zero-order valence-electron chi connectivity index (χ0n) is 10.1. The number of H-pyrrole nitrogens is 1. The fraction of sp³-hybridized carbons (Fsp3) is 0.133. The first-order chi connectivity index (χ1) is 8.78. The van der Waals surface area contributed by atoms with Crippen molar-refractivity contribution in [3.63, 3.8) is 0 Å². The van der Waals surface area contributed by atoms with Gasteiger partial charge in [-0.15, -0.1) is 11.6 Å². The highest BCUT2D eigenvalue weighted by molar-refractivity contribution is 6.17. The van der Waals surface area contributed by atoms with Gasteiger partial charge in [0.15, 0.2) is 0 Å². The summed E-state index contributed by atoms with van der Waals surface area (Å²) in [5.74, 6) is 1.44. The Balaban J connectivity index is 2.10. The van der Waals surface area contributed by atoms with E-state index in [0.717, 1.165) is 28.0 Å². The van der Waals surface area contributed by atoms with Gasteiger partial charge in [-0.05, 0) is 24.1 Å². The highest BCUT2D eigenvalue weighted by Crippen LogP contribution is 2.22. The van der Waals surface area contributed by atoms with Crippen LogP contribution in [0.4, 0.5) is 0 Å². The van der Waals surface area contributed by atoms with Crippen LogP contribution in [0.15, 0.2) is 42.5 Å². The topological polar surface area (TPSA) is 28.7 Å². The summed E-state index contributed by atoms with van der Waals surface area (Å²) in [5.41, 5.74) is 5.50. The van der Waals surface area contributed by atoms with Crippen LogP contribution in [-0.2, 0) is 5.88 Å². The second kappa shape index (κ2) is 4.46. The first-order valence-electron chi connectivity index (χ1n) is 5.88. The van der Waals surface area contributed by atoms with Gasteiger partial charge in [0.25, 0.3) is 0 Å². The molecule has 3 rings (SSSR count). The zero-order valence-corrected chi connectivity index (χ0v) is 10.8. The highest BCUT2D eigenvalue weighted by Gasteiger charge is 2.06. The number of para-hydroxylation sites is 1. The van der Waals surface area contributed by atoms with Crippen LogP contribution >= 0.6 is 11.6 Å². The third-order valence-corrected chi connectivity index (χ3v) is 3.40. The van der Waals surface area contributed by atoms with Gasteiger partial charge in [-0.3, -0.25) is 0 Å². The fourth-order valence-corrected chi connectivity index (χ4v) is 2.24. The van der Waals surface area contributed by atoms with Gasteiger partial charge in [-0.2, -0.15) is 0 Å². The first kappa shape index (κ1) is 11.3. The third kappa shape index (κ3) is 1.89. The molecule has 0 spiro atoms. The molecule has 0 aliphatic carbocycles. The van der Waals surface area contributed by atoms with Gasteiger partial charge in [-0.1, -0.05) is 36.4 Å². The van der Waals surface area contributed by atoms with E-state index < -0.39 is 0 Å². The lowest BCUT2D eigenvalue weighted by atomic mass is 10.1. The molecule has 0 atom stereocenters. The van der Waals surface area contributed by atoms with Gasteiger partial charge in [0.05, 0.1) is 11.0 Å². The van der Waals surface area contributed by atoms with Crippen LogP contribution in [-0.4, -0.2) is 9.97 Å². The first-order valence-corrected chi connectivity index (χ1v) is 6.42. The second-order valence-electron chi connectivity index (χ2n) is 4.39. The highest BCUT2D eigenvalue weighted by atomic mass is 35.5. The van der Waals surface area contributed by atoms with Crippen molar-refractivity contribution in [1.82, 2.24) is 9.97 Å². The molecule has 0 fully saturated rings. The van der Waals surface area contributed by atoms with Crippen LogP contribution in [0.5, 0.6) is 0 Å². The molecule has 0 unspecified atom stereocenters. The van der Waals surface area contributed by atoms with Crippen molar-refractivity contribution < 1.29 is 0 Å². The normalized spacial score (nSPS) is 11.0. The van der Waals surface area contributed by atoms with E-state index in [1.807, 2.05) is 36.4 Å². The Kier molecular flexibility index (Phi) is 2.80. The van der Waals surface area contributed by atoms with Crippen LogP contribution in [0.3, 0.4) is 0 Å². The molecule has 0 saturated carbocycles. The molecule has 1 aromatic heterocycles. The number of hydrogen-bond donors (Lipinski definition) is 1. The van der Waals surface area contributed by atoms with Gasteiger partial charge in [0, 0.05) is 11.4 Å². The molecule has 2 aromatic carbocycles. The molecule has 1 heterocycles. The predicted molar refractivity (Wildman–Crippen MR) is 75.8 cm³/mol. The second-order valence-corrected chi connectivity index (χ2v) is 4.65. The van der Waals surface area contributed by atoms with Crippen molar-refractivity contribution in [1.29, 1.82) is 0 Å². The van der Waals surface area contributed by atoms with Crippen molar-refractivity contribution in [2.24, 2.45) is 0 Å². The summed E-state index contributed by atoms with van der Waals surface area (Å²) in [4.78, 5) is 8.00. The van der Waals surface area contributed by atoms with Crippen molar-refractivity contribution in [3.8, 4) is 11.4 Å². The maximum Gasteiger partial charge on any atom is 0.138 e. The molecular formula is C15H13ClN2. The molecule has 1 N–H and O–H groups in total. The van der Waals surface area contributed by atoms with Crippen LogP contribution in [0.2, 0.25) is 0 Å². The van der Waals surface area contributed by atoms with Gasteiger partial charge in [-0.25, -0.2) is 4.98 Å². The lowest BCUT2D eigenvalue weighted by Crippen LogP contribution is -1.82. The van der Waals surface area contributed by atoms with Gasteiger partial charge in [0.2, 0.25) is 0 Å². The standard InChI is InChI=1S/C15H13ClN2/c1-10-3-2-4-13-14(10)18-15(17-13)12-7-5-11(9-16)6-8-12/h2-8H,9H2,1H3,(H,17,18). The molecule has 2 nitrogen and oxygen atoms in total. The van der Waals surface area contributed by atoms with Gasteiger partial charge in [0.1, 0.15) is 5.82 Å². The van der Waals surface area contributed by atoms with E-state index in [1.54, 1.807) is 0 Å². The Labute approximate surface area is 111 Å². The number of halogens is 1. The molecular weight excluding hydrogens is 244 g/mol. The lowest BCUT2D eigenvalue weighted by molar-refractivity contribution is 1.32. The largest absolute Gasteiger partial charge is 0.338 e. The fourth-order valence-electron chi connectivity index (χ4n) is 2.06. The molecule has 0 saturated heterocycles. The minimum Gasteiger partial charge on any atom is -0.338 e. The van der Waals surface area contributed by atoms with E-state index in [-0.39, 0.29) is 0 Å². The summed E-state index contributed by atoms with van der Waals surface area (Å²) in [6.45, 7) is 2.07. The number of rotatable bonds is 2. The van der Waals surface area contributed by atoms with Crippen LogP contribution in [0.1, 0.15) is 11.1 Å². The number of aromatic nitrogens is 2. The number of hydrogen-bond acceptors (Lipinski definition) is 1. The maximum absolute atomic E-state index is 5.79. The van der Waals surface area contributed by atoms with Crippen molar-refractivity contribution >= 4 is 22.6 Å². The molecule has 0 radical (unpaired) electrons. The molecule has 3 heteroatoms. The van der Waals surface area contributed by atoms with E-state index in [2.05, 4.69) is 23.0 Å². The third-order valence-electron chi connectivity index (χ3n) is 3.10. The van der Waals surface area contributed by atoms with Crippen LogP contribution in [0, 0.1) is 6.92 Å². The smallest absolute Gasteiger partial charge is 0.138 e. The van der Waals surface area contributed by atoms with Crippen molar-refractivity contribution in [3.05, 3.63) is 53.6 Å². The Bertz CT molecular complexity index is 683. The van der Waals surface area contributed by atoms with E-state index >= 15 is 0 Å². The van der Waals surface area contributed by atoms with E-state index in [1.165, 1.54) is 5.56 Å². The Morgan fingerprint density at radius 3 is 2.56 bits per heavy atom. The van der Waals surface area contributed by atoms with E-state index in [9.17, 15) is 0 Å². The van der Waals surface area contributed by atoms with Crippen LogP contribution < -0.4 is 0 Å². The molecule has 18 heavy (non-hydrogen) atoms. The molecule has 0 aliphatic rings. The maximum atomic E-state index is 5.79. The number of fused-ring (bicyclic) bond motifs is 1. The van der Waals surface area contributed by atoms with Gasteiger partial charge >= 0.3 is 0 Å². The van der Waals surface area contributed by atoms with E-state index in [0.29, 0.717) is 5.88 Å². The molecule has 0 amide bonds. The minimum atomic E-state index is 0.541. The number of imidazole rings is 1. The number of alkyl halides is 1. The molecule has 90 valence electrons. The Morgan fingerprint density at radius 1 is 1.11 bits per heavy atom. The lowest BCUT2D eigenvalue weighted by Gasteiger charge is -1.98. The Morgan fingerprint density at radius 2 is 1.89 bits per heavy atom. The minimum absolute atomic E-state index is 0.541. The van der Waals surface area contributed by atoms with Crippen molar-refractivity contribution in [2.45, 2.75) is 12.8 Å². The summed E-state index contributed by atoms with van der Waals surface area (Å²) < 4.78 is 0. The quantitative estimate of drug-likeness (QED) is 0.682. The summed E-state index contributed by atoms with van der Waals surface area (Å²) in [7, 11) is 0. The number of benzene rings is 2. The van der Waals surface area contributed by atoms with Crippen LogP contribution in [0.25, 0.3) is 22.4 Å². The molecule has 3 aromatic rings. The molecule has 0 bridgehead atoms. The SMILES string of the molecule is Cc1cccc2[nH]c(-c3ccc(CCl)cc3)nc12. The zero-order chi connectivity index (χ0) is 12.5. The average molecular weight is 257 g/mol. The summed E-state index contributed by atoms with van der Waals surface area (Å²) in [6.07, 6.45) is 0. The summed E-state index contributed by atoms with van der Waals surface area (Å²) in [5, 5.41) is 0.